The Labute approximate surface area is 65.1 Å². The van der Waals surface area contributed by atoms with Crippen molar-refractivity contribution in [3.63, 3.8) is 0 Å². The van der Waals surface area contributed by atoms with E-state index in [4.69, 9.17) is 5.73 Å². The lowest BCUT2D eigenvalue weighted by Gasteiger charge is -2.08. The standard InChI is InChI=1S/C4H11N3O3S/c1-3(2-4(5)8)7-11(6,9)10/h3,7H,2H2,1H3,(H2,5,8)(H2,6,9,10). The topological polar surface area (TPSA) is 115 Å². The number of rotatable bonds is 4. The normalized spacial score (nSPS) is 14.4. The lowest BCUT2D eigenvalue weighted by molar-refractivity contribution is -0.118. The molecule has 7 heteroatoms. The average molecular weight is 181 g/mol. The number of primary amides is 1. The minimum absolute atomic E-state index is 0.0591. The second-order valence-corrected chi connectivity index (χ2v) is 3.56. The highest BCUT2D eigenvalue weighted by Crippen LogP contribution is 1.89. The van der Waals surface area contributed by atoms with Crippen LogP contribution in [0.15, 0.2) is 0 Å². The summed E-state index contributed by atoms with van der Waals surface area (Å²) in [6.07, 6.45) is -0.0591. The summed E-state index contributed by atoms with van der Waals surface area (Å²) in [5, 5.41) is 4.62. The molecule has 1 atom stereocenters. The van der Waals surface area contributed by atoms with Crippen LogP contribution in [0.1, 0.15) is 13.3 Å². The molecule has 0 aliphatic rings. The quantitative estimate of drug-likeness (QED) is 0.467. The molecule has 66 valence electrons. The zero-order chi connectivity index (χ0) is 9.07. The number of carbonyl (C=O) groups excluding carboxylic acids is 1. The lowest BCUT2D eigenvalue weighted by Crippen LogP contribution is -2.39. The van der Waals surface area contributed by atoms with Crippen LogP contribution in [0.2, 0.25) is 0 Å². The Bertz CT molecular complexity index is 235. The summed E-state index contributed by atoms with van der Waals surface area (Å²) in [5.74, 6) is -0.575. The molecule has 0 saturated carbocycles. The van der Waals surface area contributed by atoms with Gasteiger partial charge in [0.05, 0.1) is 0 Å². The minimum atomic E-state index is -3.73. The molecule has 0 radical (unpaired) electrons. The van der Waals surface area contributed by atoms with E-state index in [9.17, 15) is 13.2 Å². The van der Waals surface area contributed by atoms with E-state index in [1.165, 1.54) is 6.92 Å². The van der Waals surface area contributed by atoms with Gasteiger partial charge >= 0.3 is 0 Å². The van der Waals surface area contributed by atoms with Crippen molar-refractivity contribution in [2.75, 3.05) is 0 Å². The molecule has 0 saturated heterocycles. The van der Waals surface area contributed by atoms with Crippen LogP contribution in [0.5, 0.6) is 0 Å². The molecule has 6 nitrogen and oxygen atoms in total. The maximum Gasteiger partial charge on any atom is 0.274 e. The van der Waals surface area contributed by atoms with E-state index in [1.54, 1.807) is 0 Å². The molecule has 0 heterocycles. The fraction of sp³-hybridized carbons (Fsp3) is 0.750. The molecule has 5 N–H and O–H groups in total. The van der Waals surface area contributed by atoms with Crippen LogP contribution in [-0.4, -0.2) is 20.4 Å². The monoisotopic (exact) mass is 181 g/mol. The molecule has 0 aromatic heterocycles. The van der Waals surface area contributed by atoms with Gasteiger partial charge in [-0.15, -0.1) is 0 Å². The van der Waals surface area contributed by atoms with Gasteiger partial charge in [0.25, 0.3) is 10.2 Å². The maximum atomic E-state index is 10.3. The third kappa shape index (κ3) is 7.23. The molecular formula is C4H11N3O3S. The van der Waals surface area contributed by atoms with Crippen molar-refractivity contribution in [2.24, 2.45) is 10.9 Å². The summed E-state index contributed by atoms with van der Waals surface area (Å²) in [6.45, 7) is 1.50. The Kier molecular flexibility index (Phi) is 3.43. The molecule has 0 aromatic rings. The van der Waals surface area contributed by atoms with Crippen LogP contribution in [0.3, 0.4) is 0 Å². The Morgan fingerprint density at radius 3 is 2.36 bits per heavy atom. The van der Waals surface area contributed by atoms with Gasteiger partial charge in [-0.2, -0.15) is 13.1 Å². The maximum absolute atomic E-state index is 10.3. The average Bonchev–Trinajstić information content (AvgIpc) is 1.53. The van der Waals surface area contributed by atoms with Gasteiger partial charge < -0.3 is 5.73 Å². The van der Waals surface area contributed by atoms with Crippen LogP contribution in [0.25, 0.3) is 0 Å². The van der Waals surface area contributed by atoms with Gasteiger partial charge in [-0.3, -0.25) is 4.79 Å². The number of carbonyl (C=O) groups is 1. The van der Waals surface area contributed by atoms with Gasteiger partial charge in [-0.05, 0) is 6.92 Å². The van der Waals surface area contributed by atoms with Crippen molar-refractivity contribution in [1.29, 1.82) is 0 Å². The summed E-state index contributed by atoms with van der Waals surface area (Å²) in [5.41, 5.74) is 4.80. The SMILES string of the molecule is CC(CC(N)=O)NS(N)(=O)=O. The van der Waals surface area contributed by atoms with Crippen LogP contribution >= 0.6 is 0 Å². The third-order valence-corrected chi connectivity index (χ3v) is 1.60. The van der Waals surface area contributed by atoms with Crippen LogP contribution in [0.4, 0.5) is 0 Å². The third-order valence-electron chi connectivity index (χ3n) is 0.873. The predicted octanol–water partition coefficient (Wildman–Crippen LogP) is -1.96. The van der Waals surface area contributed by atoms with Crippen molar-refractivity contribution in [1.82, 2.24) is 4.72 Å². The first kappa shape index (κ1) is 10.3. The zero-order valence-corrected chi connectivity index (χ0v) is 6.89. The van der Waals surface area contributed by atoms with Crippen molar-refractivity contribution in [3.8, 4) is 0 Å². The Morgan fingerprint density at radius 1 is 1.64 bits per heavy atom. The van der Waals surface area contributed by atoms with E-state index >= 15 is 0 Å². The smallest absolute Gasteiger partial charge is 0.274 e. The zero-order valence-electron chi connectivity index (χ0n) is 6.07. The second kappa shape index (κ2) is 3.65. The van der Waals surface area contributed by atoms with Crippen molar-refractivity contribution >= 4 is 16.1 Å². The van der Waals surface area contributed by atoms with E-state index in [-0.39, 0.29) is 6.42 Å². The van der Waals surface area contributed by atoms with Gasteiger partial charge in [0, 0.05) is 12.5 Å². The first-order valence-electron chi connectivity index (χ1n) is 2.89. The number of nitrogens with two attached hydrogens (primary N) is 2. The molecule has 0 aliphatic carbocycles. The van der Waals surface area contributed by atoms with Crippen LogP contribution in [-0.2, 0) is 15.0 Å². The highest BCUT2D eigenvalue weighted by molar-refractivity contribution is 7.87. The Hall–Kier alpha value is -0.660. The van der Waals surface area contributed by atoms with Gasteiger partial charge in [-0.25, -0.2) is 5.14 Å². The molecule has 11 heavy (non-hydrogen) atoms. The molecule has 0 fully saturated rings. The van der Waals surface area contributed by atoms with E-state index < -0.39 is 22.2 Å². The Morgan fingerprint density at radius 2 is 2.09 bits per heavy atom. The number of amides is 1. The highest BCUT2D eigenvalue weighted by atomic mass is 32.2. The Balaban J connectivity index is 3.89. The molecule has 0 bridgehead atoms. The molecule has 0 aliphatic heterocycles. The lowest BCUT2D eigenvalue weighted by atomic mass is 10.2. The fourth-order valence-corrected chi connectivity index (χ4v) is 1.27. The molecular weight excluding hydrogens is 170 g/mol. The molecule has 0 rings (SSSR count). The molecule has 1 amide bonds. The summed E-state index contributed by atoms with van der Waals surface area (Å²) in [4.78, 5) is 10.2. The summed E-state index contributed by atoms with van der Waals surface area (Å²) in [7, 11) is -3.73. The fourth-order valence-electron chi connectivity index (χ4n) is 0.624. The van der Waals surface area contributed by atoms with E-state index in [2.05, 4.69) is 5.14 Å². The molecule has 0 aromatic carbocycles. The van der Waals surface area contributed by atoms with Gasteiger partial charge in [0.15, 0.2) is 0 Å². The summed E-state index contributed by atoms with van der Waals surface area (Å²) >= 11 is 0. The van der Waals surface area contributed by atoms with E-state index in [0.717, 1.165) is 0 Å². The largest absolute Gasteiger partial charge is 0.370 e. The van der Waals surface area contributed by atoms with E-state index in [0.29, 0.717) is 0 Å². The summed E-state index contributed by atoms with van der Waals surface area (Å²) in [6, 6.07) is -0.553. The van der Waals surface area contributed by atoms with E-state index in [1.807, 2.05) is 4.72 Å². The molecule has 0 spiro atoms. The number of nitrogens with one attached hydrogen (secondary N) is 1. The second-order valence-electron chi connectivity index (χ2n) is 2.23. The molecule has 1 unspecified atom stereocenters. The van der Waals surface area contributed by atoms with Crippen LogP contribution < -0.4 is 15.6 Å². The number of hydrogen-bond acceptors (Lipinski definition) is 3. The first-order chi connectivity index (χ1) is 4.81. The predicted molar refractivity (Wildman–Crippen MR) is 39.5 cm³/mol. The summed E-state index contributed by atoms with van der Waals surface area (Å²) < 4.78 is 22.7. The highest BCUT2D eigenvalue weighted by Gasteiger charge is 2.10. The van der Waals surface area contributed by atoms with Gasteiger partial charge in [0.1, 0.15) is 0 Å². The van der Waals surface area contributed by atoms with Crippen molar-refractivity contribution in [2.45, 2.75) is 19.4 Å². The van der Waals surface area contributed by atoms with Crippen molar-refractivity contribution in [3.05, 3.63) is 0 Å². The first-order valence-corrected chi connectivity index (χ1v) is 4.44. The number of hydrogen-bond donors (Lipinski definition) is 3. The van der Waals surface area contributed by atoms with Gasteiger partial charge in [-0.1, -0.05) is 0 Å². The van der Waals surface area contributed by atoms with Gasteiger partial charge in [0.2, 0.25) is 5.91 Å². The van der Waals surface area contributed by atoms with Crippen LogP contribution in [0, 0.1) is 0 Å². The minimum Gasteiger partial charge on any atom is -0.370 e. The van der Waals surface area contributed by atoms with Crippen molar-refractivity contribution < 1.29 is 13.2 Å².